The first-order valence-electron chi connectivity index (χ1n) is 6.92. The molecule has 1 aliphatic rings. The number of furan rings is 1. The van der Waals surface area contributed by atoms with Crippen molar-refractivity contribution in [3.05, 3.63) is 24.2 Å². The Labute approximate surface area is 142 Å². The van der Waals surface area contributed by atoms with Gasteiger partial charge in [-0.2, -0.15) is 11.8 Å². The fourth-order valence-electron chi connectivity index (χ4n) is 1.73. The number of hydrogen-bond donors (Lipinski definition) is 2. The Morgan fingerprint density at radius 1 is 1.40 bits per heavy atom. The summed E-state index contributed by atoms with van der Waals surface area (Å²) in [5.74, 6) is 3.87. The molecule has 1 saturated carbocycles. The van der Waals surface area contributed by atoms with E-state index in [1.807, 2.05) is 23.9 Å². The highest BCUT2D eigenvalue weighted by atomic mass is 127. The molecule has 0 aromatic carbocycles. The third-order valence-electron chi connectivity index (χ3n) is 3.05. The minimum Gasteiger partial charge on any atom is -0.469 e. The molecule has 1 aliphatic carbocycles. The van der Waals surface area contributed by atoms with Crippen LogP contribution in [0.25, 0.3) is 0 Å². The molecule has 2 rings (SSSR count). The lowest BCUT2D eigenvalue weighted by atomic mass is 10.3. The van der Waals surface area contributed by atoms with E-state index in [0.29, 0.717) is 0 Å². The lowest BCUT2D eigenvalue weighted by molar-refractivity contribution is 0.507. The van der Waals surface area contributed by atoms with Crippen LogP contribution in [0.3, 0.4) is 0 Å². The van der Waals surface area contributed by atoms with Crippen LogP contribution in [-0.4, -0.2) is 37.6 Å². The van der Waals surface area contributed by atoms with Gasteiger partial charge in [0.25, 0.3) is 0 Å². The maximum absolute atomic E-state index is 5.32. The van der Waals surface area contributed by atoms with E-state index in [0.717, 1.165) is 49.4 Å². The zero-order valence-corrected chi connectivity index (χ0v) is 15.1. The van der Waals surface area contributed by atoms with Gasteiger partial charge in [0, 0.05) is 31.8 Å². The van der Waals surface area contributed by atoms with Gasteiger partial charge in [-0.25, -0.2) is 0 Å². The van der Waals surface area contributed by atoms with E-state index >= 15 is 0 Å². The highest BCUT2D eigenvalue weighted by Gasteiger charge is 2.20. The molecule has 0 spiro atoms. The molecule has 0 amide bonds. The topological polar surface area (TPSA) is 49.6 Å². The van der Waals surface area contributed by atoms with Crippen molar-refractivity contribution in [2.24, 2.45) is 10.9 Å². The first-order chi connectivity index (χ1) is 9.38. The highest BCUT2D eigenvalue weighted by Crippen LogP contribution is 2.28. The van der Waals surface area contributed by atoms with E-state index in [4.69, 9.17) is 4.42 Å². The Hall–Kier alpha value is -0.370. The molecule has 0 saturated heterocycles. The summed E-state index contributed by atoms with van der Waals surface area (Å²) >= 11 is 1.84. The molecular formula is C14H24IN3OS. The Morgan fingerprint density at radius 3 is 2.85 bits per heavy atom. The van der Waals surface area contributed by atoms with Gasteiger partial charge in [0.05, 0.1) is 6.26 Å². The van der Waals surface area contributed by atoms with Crippen molar-refractivity contribution in [3.8, 4) is 0 Å². The van der Waals surface area contributed by atoms with E-state index < -0.39 is 0 Å². The smallest absolute Gasteiger partial charge is 0.191 e. The summed E-state index contributed by atoms with van der Waals surface area (Å²) in [4.78, 5) is 4.63. The van der Waals surface area contributed by atoms with E-state index in [1.54, 1.807) is 6.26 Å². The average molecular weight is 409 g/mol. The fraction of sp³-hybridized carbons (Fsp3) is 0.643. The van der Waals surface area contributed by atoms with Crippen LogP contribution in [-0.2, 0) is 6.42 Å². The maximum Gasteiger partial charge on any atom is 0.191 e. The number of halogens is 1. The van der Waals surface area contributed by atoms with Crippen molar-refractivity contribution >= 4 is 41.7 Å². The van der Waals surface area contributed by atoms with Crippen LogP contribution in [0.1, 0.15) is 18.6 Å². The quantitative estimate of drug-likeness (QED) is 0.300. The van der Waals surface area contributed by atoms with Crippen molar-refractivity contribution in [1.29, 1.82) is 0 Å². The number of rotatable bonds is 8. The molecule has 1 aromatic rings. The number of nitrogens with one attached hydrogen (secondary N) is 2. The maximum atomic E-state index is 5.32. The molecule has 0 radical (unpaired) electrons. The van der Waals surface area contributed by atoms with Crippen LogP contribution in [0.5, 0.6) is 0 Å². The zero-order valence-electron chi connectivity index (χ0n) is 11.9. The van der Waals surface area contributed by atoms with E-state index in [1.165, 1.54) is 12.8 Å². The standard InChI is InChI=1S/C14H23N3OS.HI/c1-19-10-8-16-14(17-11-12-4-5-12)15-7-6-13-3-2-9-18-13;/h2-3,9,12H,4-8,10-11H2,1H3,(H2,15,16,17);1H. The van der Waals surface area contributed by atoms with E-state index in [2.05, 4.69) is 21.9 Å². The third-order valence-corrected chi connectivity index (χ3v) is 3.66. The van der Waals surface area contributed by atoms with Crippen LogP contribution >= 0.6 is 35.7 Å². The molecule has 20 heavy (non-hydrogen) atoms. The lowest BCUT2D eigenvalue weighted by Crippen LogP contribution is -2.39. The molecule has 4 nitrogen and oxygen atoms in total. The normalized spacial score (nSPS) is 14.8. The largest absolute Gasteiger partial charge is 0.469 e. The van der Waals surface area contributed by atoms with Gasteiger partial charge in [0.2, 0.25) is 0 Å². The minimum absolute atomic E-state index is 0. The predicted molar refractivity (Wildman–Crippen MR) is 97.2 cm³/mol. The molecule has 1 fully saturated rings. The van der Waals surface area contributed by atoms with Gasteiger partial charge < -0.3 is 15.1 Å². The monoisotopic (exact) mass is 409 g/mol. The summed E-state index contributed by atoms with van der Waals surface area (Å²) in [5.41, 5.74) is 0. The Balaban J connectivity index is 0.00000200. The van der Waals surface area contributed by atoms with Crippen LogP contribution in [0, 0.1) is 5.92 Å². The summed E-state index contributed by atoms with van der Waals surface area (Å²) in [7, 11) is 0. The summed E-state index contributed by atoms with van der Waals surface area (Å²) < 4.78 is 5.32. The lowest BCUT2D eigenvalue weighted by Gasteiger charge is -2.11. The Morgan fingerprint density at radius 2 is 2.20 bits per heavy atom. The van der Waals surface area contributed by atoms with Crippen LogP contribution < -0.4 is 10.6 Å². The van der Waals surface area contributed by atoms with Gasteiger partial charge in [-0.05, 0) is 37.1 Å². The van der Waals surface area contributed by atoms with Crippen molar-refractivity contribution < 1.29 is 4.42 Å². The van der Waals surface area contributed by atoms with E-state index in [-0.39, 0.29) is 24.0 Å². The molecular weight excluding hydrogens is 385 g/mol. The fourth-order valence-corrected chi connectivity index (χ4v) is 2.03. The number of guanidine groups is 1. The molecule has 1 heterocycles. The molecule has 2 N–H and O–H groups in total. The third kappa shape index (κ3) is 7.42. The second kappa shape index (κ2) is 10.4. The van der Waals surface area contributed by atoms with Gasteiger partial charge in [0.15, 0.2) is 5.96 Å². The molecule has 6 heteroatoms. The molecule has 114 valence electrons. The average Bonchev–Trinajstić information content (AvgIpc) is 3.11. The summed E-state index contributed by atoms with van der Waals surface area (Å²) in [6.07, 6.45) is 7.41. The summed E-state index contributed by atoms with van der Waals surface area (Å²) in [6.45, 7) is 2.76. The van der Waals surface area contributed by atoms with Crippen molar-refractivity contribution in [1.82, 2.24) is 10.6 Å². The molecule has 0 unspecified atom stereocenters. The first kappa shape index (κ1) is 17.7. The van der Waals surface area contributed by atoms with Crippen LogP contribution in [0.15, 0.2) is 27.8 Å². The van der Waals surface area contributed by atoms with Crippen molar-refractivity contribution in [2.45, 2.75) is 19.3 Å². The Kier molecular flexibility index (Phi) is 9.17. The highest BCUT2D eigenvalue weighted by molar-refractivity contribution is 14.0. The molecule has 0 atom stereocenters. The molecule has 0 bridgehead atoms. The summed E-state index contributed by atoms with van der Waals surface area (Å²) in [6, 6.07) is 3.93. The number of aliphatic imine (C=N–C) groups is 1. The Bertz CT molecular complexity index is 380. The SMILES string of the molecule is CSCCNC(=NCC1CC1)NCCc1ccco1.I. The zero-order chi connectivity index (χ0) is 13.3. The van der Waals surface area contributed by atoms with Gasteiger partial charge >= 0.3 is 0 Å². The second-order valence-corrected chi connectivity index (χ2v) is 5.79. The van der Waals surface area contributed by atoms with Crippen LogP contribution in [0.4, 0.5) is 0 Å². The van der Waals surface area contributed by atoms with E-state index in [9.17, 15) is 0 Å². The predicted octanol–water partition coefficient (Wildman–Crippen LogP) is 2.75. The number of hydrogen-bond acceptors (Lipinski definition) is 3. The molecule has 1 aromatic heterocycles. The van der Waals surface area contributed by atoms with Gasteiger partial charge in [-0.1, -0.05) is 0 Å². The van der Waals surface area contributed by atoms with Crippen molar-refractivity contribution in [2.75, 3.05) is 31.6 Å². The second-order valence-electron chi connectivity index (χ2n) is 4.81. The minimum atomic E-state index is 0. The van der Waals surface area contributed by atoms with Gasteiger partial charge in [-0.3, -0.25) is 4.99 Å². The van der Waals surface area contributed by atoms with Gasteiger partial charge in [-0.15, -0.1) is 24.0 Å². The van der Waals surface area contributed by atoms with Crippen LogP contribution in [0.2, 0.25) is 0 Å². The van der Waals surface area contributed by atoms with Crippen molar-refractivity contribution in [3.63, 3.8) is 0 Å². The number of thioether (sulfide) groups is 1. The summed E-state index contributed by atoms with van der Waals surface area (Å²) in [5, 5.41) is 6.74. The number of nitrogens with zero attached hydrogens (tertiary/aromatic N) is 1. The first-order valence-corrected chi connectivity index (χ1v) is 8.31. The van der Waals surface area contributed by atoms with Gasteiger partial charge in [0.1, 0.15) is 5.76 Å². The molecule has 0 aliphatic heterocycles.